The van der Waals surface area contributed by atoms with Crippen molar-refractivity contribution in [1.29, 1.82) is 0 Å². The summed E-state index contributed by atoms with van der Waals surface area (Å²) >= 11 is 0. The highest BCUT2D eigenvalue weighted by atomic mass is 16.6. The Morgan fingerprint density at radius 1 is 1.16 bits per heavy atom. The lowest BCUT2D eigenvalue weighted by molar-refractivity contribution is -0.385. The molecule has 0 bridgehead atoms. The number of nitrogens with one attached hydrogen (secondary N) is 1. The average molecular weight is 258 g/mol. The monoisotopic (exact) mass is 258 g/mol. The predicted molar refractivity (Wildman–Crippen MR) is 72.6 cm³/mol. The van der Waals surface area contributed by atoms with Gasteiger partial charge in [-0.2, -0.15) is 0 Å². The van der Waals surface area contributed by atoms with E-state index in [0.29, 0.717) is 18.9 Å². The first kappa shape index (κ1) is 13.0. The zero-order valence-corrected chi connectivity index (χ0v) is 10.2. The number of rotatable bonds is 5. The van der Waals surface area contributed by atoms with Crippen LogP contribution in [-0.2, 0) is 13.1 Å². The molecule has 6 heteroatoms. The average Bonchev–Trinajstić information content (AvgIpc) is 2.46. The molecule has 0 saturated carbocycles. The van der Waals surface area contributed by atoms with E-state index in [-0.39, 0.29) is 5.69 Å². The molecular weight excluding hydrogens is 244 g/mol. The molecule has 2 rings (SSSR count). The fraction of sp³-hybridized carbons (Fsp3) is 0.154. The quantitative estimate of drug-likeness (QED) is 0.632. The number of pyridine rings is 1. The first-order chi connectivity index (χ1) is 9.19. The van der Waals surface area contributed by atoms with Gasteiger partial charge in [-0.25, -0.2) is 4.98 Å². The number of aromatic nitrogens is 1. The summed E-state index contributed by atoms with van der Waals surface area (Å²) in [6, 6.07) is 10.9. The van der Waals surface area contributed by atoms with Crippen LogP contribution in [0.4, 0.5) is 11.5 Å². The summed E-state index contributed by atoms with van der Waals surface area (Å²) in [6.45, 7) is 1.13. The molecule has 3 N–H and O–H groups in total. The van der Waals surface area contributed by atoms with Crippen LogP contribution in [0, 0.1) is 10.1 Å². The second-order valence-corrected chi connectivity index (χ2v) is 4.03. The van der Waals surface area contributed by atoms with Crippen LogP contribution in [0.25, 0.3) is 0 Å². The van der Waals surface area contributed by atoms with Crippen LogP contribution < -0.4 is 11.1 Å². The van der Waals surface area contributed by atoms with Gasteiger partial charge < -0.3 is 11.1 Å². The number of hydrogen-bond donors (Lipinski definition) is 2. The maximum Gasteiger partial charge on any atom is 0.287 e. The molecule has 1 aromatic heterocycles. The molecular formula is C13H14N4O2. The predicted octanol–water partition coefficient (Wildman–Crippen LogP) is 2.06. The fourth-order valence-electron chi connectivity index (χ4n) is 1.58. The van der Waals surface area contributed by atoms with Gasteiger partial charge in [-0.15, -0.1) is 0 Å². The molecule has 19 heavy (non-hydrogen) atoms. The maximum absolute atomic E-state index is 10.5. The number of nitrogens with two attached hydrogens (primary N) is 1. The summed E-state index contributed by atoms with van der Waals surface area (Å²) < 4.78 is 0. The van der Waals surface area contributed by atoms with Gasteiger partial charge in [-0.1, -0.05) is 24.3 Å². The summed E-state index contributed by atoms with van der Waals surface area (Å²) in [5, 5.41) is 13.6. The van der Waals surface area contributed by atoms with Crippen LogP contribution in [0.3, 0.4) is 0 Å². The minimum Gasteiger partial charge on any atom is -0.366 e. The van der Waals surface area contributed by atoms with Crippen molar-refractivity contribution in [3.63, 3.8) is 0 Å². The van der Waals surface area contributed by atoms with E-state index in [1.165, 1.54) is 12.3 Å². The van der Waals surface area contributed by atoms with Gasteiger partial charge in [0.15, 0.2) is 0 Å². The summed E-state index contributed by atoms with van der Waals surface area (Å²) in [7, 11) is 0. The van der Waals surface area contributed by atoms with Gasteiger partial charge in [0.1, 0.15) is 12.0 Å². The lowest BCUT2D eigenvalue weighted by Crippen LogP contribution is -2.02. The Kier molecular flexibility index (Phi) is 4.04. The van der Waals surface area contributed by atoms with Gasteiger partial charge >= 0.3 is 0 Å². The molecule has 0 amide bonds. The third-order valence-electron chi connectivity index (χ3n) is 2.69. The van der Waals surface area contributed by atoms with Gasteiger partial charge in [0, 0.05) is 19.2 Å². The van der Waals surface area contributed by atoms with E-state index in [1.807, 2.05) is 24.3 Å². The molecule has 0 fully saturated rings. The number of hydrogen-bond acceptors (Lipinski definition) is 5. The molecule has 0 aliphatic heterocycles. The number of nitro groups is 1. The van der Waals surface area contributed by atoms with Crippen molar-refractivity contribution in [3.05, 3.63) is 63.8 Å². The Labute approximate surface area is 110 Å². The Balaban J connectivity index is 1.95. The van der Waals surface area contributed by atoms with Crippen LogP contribution in [0.1, 0.15) is 11.1 Å². The van der Waals surface area contributed by atoms with Crippen LogP contribution >= 0.6 is 0 Å². The van der Waals surface area contributed by atoms with Crippen LogP contribution in [0.2, 0.25) is 0 Å². The zero-order valence-electron chi connectivity index (χ0n) is 10.2. The van der Waals surface area contributed by atoms with Crippen molar-refractivity contribution in [2.45, 2.75) is 13.1 Å². The second-order valence-electron chi connectivity index (χ2n) is 4.03. The maximum atomic E-state index is 10.5. The van der Waals surface area contributed by atoms with Crippen molar-refractivity contribution in [1.82, 2.24) is 4.98 Å². The first-order valence-corrected chi connectivity index (χ1v) is 5.81. The van der Waals surface area contributed by atoms with Gasteiger partial charge in [0.2, 0.25) is 0 Å². The Hall–Kier alpha value is -2.47. The number of nitrogens with zero attached hydrogens (tertiary/aromatic N) is 2. The van der Waals surface area contributed by atoms with Crippen molar-refractivity contribution in [2.24, 2.45) is 5.73 Å². The van der Waals surface area contributed by atoms with E-state index in [1.54, 1.807) is 6.07 Å². The standard InChI is InChI=1S/C13H14N4O2/c14-7-10-1-3-11(4-2-10)8-15-13-6-5-12(9-16-13)17(18)19/h1-6,9H,7-8,14H2,(H,15,16). The summed E-state index contributed by atoms with van der Waals surface area (Å²) in [4.78, 5) is 14.0. The van der Waals surface area contributed by atoms with Crippen molar-refractivity contribution < 1.29 is 4.92 Å². The van der Waals surface area contributed by atoms with E-state index in [9.17, 15) is 10.1 Å². The highest BCUT2D eigenvalue weighted by Gasteiger charge is 2.04. The number of benzene rings is 1. The van der Waals surface area contributed by atoms with Gasteiger partial charge in [-0.05, 0) is 17.2 Å². The molecule has 1 heterocycles. The normalized spacial score (nSPS) is 10.2. The van der Waals surface area contributed by atoms with E-state index in [0.717, 1.165) is 11.1 Å². The lowest BCUT2D eigenvalue weighted by Gasteiger charge is -2.06. The molecule has 0 aliphatic carbocycles. The number of anilines is 1. The largest absolute Gasteiger partial charge is 0.366 e. The third kappa shape index (κ3) is 3.49. The Morgan fingerprint density at radius 3 is 2.37 bits per heavy atom. The molecule has 6 nitrogen and oxygen atoms in total. The molecule has 0 saturated heterocycles. The van der Waals surface area contributed by atoms with Gasteiger partial charge in [0.25, 0.3) is 5.69 Å². The highest BCUT2D eigenvalue weighted by Crippen LogP contribution is 2.13. The first-order valence-electron chi connectivity index (χ1n) is 5.81. The van der Waals surface area contributed by atoms with Crippen LogP contribution in [0.5, 0.6) is 0 Å². The van der Waals surface area contributed by atoms with Crippen molar-refractivity contribution in [3.8, 4) is 0 Å². The topological polar surface area (TPSA) is 94.1 Å². The summed E-state index contributed by atoms with van der Waals surface area (Å²) in [5.41, 5.74) is 7.68. The van der Waals surface area contributed by atoms with E-state index in [4.69, 9.17) is 5.73 Å². The molecule has 0 aliphatic rings. The van der Waals surface area contributed by atoms with Crippen molar-refractivity contribution in [2.75, 3.05) is 5.32 Å². The molecule has 0 atom stereocenters. The molecule has 0 spiro atoms. The minimum absolute atomic E-state index is 0.0159. The lowest BCUT2D eigenvalue weighted by atomic mass is 10.1. The Bertz CT molecular complexity index is 552. The van der Waals surface area contributed by atoms with E-state index < -0.39 is 4.92 Å². The van der Waals surface area contributed by atoms with Crippen molar-refractivity contribution >= 4 is 11.5 Å². The van der Waals surface area contributed by atoms with Crippen LogP contribution in [0.15, 0.2) is 42.6 Å². The Morgan fingerprint density at radius 2 is 1.84 bits per heavy atom. The van der Waals surface area contributed by atoms with E-state index in [2.05, 4.69) is 10.3 Å². The second kappa shape index (κ2) is 5.92. The van der Waals surface area contributed by atoms with Crippen LogP contribution in [-0.4, -0.2) is 9.91 Å². The zero-order chi connectivity index (χ0) is 13.7. The third-order valence-corrected chi connectivity index (χ3v) is 2.69. The highest BCUT2D eigenvalue weighted by molar-refractivity contribution is 5.40. The molecule has 1 aromatic carbocycles. The van der Waals surface area contributed by atoms with E-state index >= 15 is 0 Å². The smallest absolute Gasteiger partial charge is 0.287 e. The molecule has 98 valence electrons. The summed E-state index contributed by atoms with van der Waals surface area (Å²) in [5.74, 6) is 0.605. The minimum atomic E-state index is -0.470. The van der Waals surface area contributed by atoms with Gasteiger partial charge in [0.05, 0.1) is 4.92 Å². The molecule has 2 aromatic rings. The SMILES string of the molecule is NCc1ccc(CNc2ccc([N+](=O)[O-])cn2)cc1. The fourth-order valence-corrected chi connectivity index (χ4v) is 1.58. The molecule has 0 radical (unpaired) electrons. The molecule has 0 unspecified atom stereocenters. The van der Waals surface area contributed by atoms with Gasteiger partial charge in [-0.3, -0.25) is 10.1 Å². The summed E-state index contributed by atoms with van der Waals surface area (Å²) in [6.07, 6.45) is 1.24.